The van der Waals surface area contributed by atoms with E-state index in [1.165, 1.54) is 31.6 Å². The first-order valence-corrected chi connectivity index (χ1v) is 12.0. The Morgan fingerprint density at radius 3 is 2.30 bits per heavy atom. The molecule has 0 radical (unpaired) electrons. The Kier molecular flexibility index (Phi) is 8.01. The molecule has 37 heavy (non-hydrogen) atoms. The molecule has 6 nitrogen and oxygen atoms in total. The molecule has 3 aromatic carbocycles. The van der Waals surface area contributed by atoms with Crippen molar-refractivity contribution in [1.82, 2.24) is 9.97 Å². The molecule has 1 heterocycles. The van der Waals surface area contributed by atoms with Crippen LogP contribution in [0.1, 0.15) is 33.1 Å². The molecule has 0 fully saturated rings. The van der Waals surface area contributed by atoms with E-state index in [4.69, 9.17) is 14.2 Å². The number of ether oxygens (including phenoxy) is 3. The van der Waals surface area contributed by atoms with Gasteiger partial charge in [0.2, 0.25) is 0 Å². The third kappa shape index (κ3) is 5.40. The second kappa shape index (κ2) is 11.4. The van der Waals surface area contributed by atoms with Crippen molar-refractivity contribution >= 4 is 22.4 Å². The molecule has 0 saturated heterocycles. The van der Waals surface area contributed by atoms with E-state index in [0.717, 1.165) is 25.3 Å². The summed E-state index contributed by atoms with van der Waals surface area (Å²) >= 11 is 0. The van der Waals surface area contributed by atoms with Gasteiger partial charge in [-0.05, 0) is 43.2 Å². The Morgan fingerprint density at radius 1 is 0.865 bits per heavy atom. The number of anilines is 2. The van der Waals surface area contributed by atoms with E-state index in [2.05, 4.69) is 29.1 Å². The first-order chi connectivity index (χ1) is 17.9. The molecule has 0 spiro atoms. The summed E-state index contributed by atoms with van der Waals surface area (Å²) in [6, 6.07) is 9.34. The zero-order valence-electron chi connectivity index (χ0n) is 21.1. The average Bonchev–Trinajstić information content (AvgIpc) is 2.89. The average molecular weight is 512 g/mol. The van der Waals surface area contributed by atoms with Gasteiger partial charge in [-0.1, -0.05) is 20.3 Å². The molecular formula is C28H28F3N3O3. The van der Waals surface area contributed by atoms with Crippen molar-refractivity contribution in [2.45, 2.75) is 39.2 Å². The van der Waals surface area contributed by atoms with Crippen LogP contribution in [0.4, 0.5) is 24.7 Å². The van der Waals surface area contributed by atoms with Gasteiger partial charge in [0.1, 0.15) is 35.2 Å². The minimum atomic E-state index is -0.881. The topological polar surface area (TPSA) is 65.5 Å². The SMILES string of the molecule is CCCC(CC)Oc1cc2c(Nc3c(OC)ccc(-c4ccc(F)cc4F)c3F)ncnc2cc1OC. The molecule has 0 bridgehead atoms. The molecule has 0 aliphatic heterocycles. The normalized spacial score (nSPS) is 11.9. The van der Waals surface area contributed by atoms with Gasteiger partial charge < -0.3 is 19.5 Å². The summed E-state index contributed by atoms with van der Waals surface area (Å²) in [6.07, 6.45) is 4.00. The smallest absolute Gasteiger partial charge is 0.162 e. The van der Waals surface area contributed by atoms with Crippen LogP contribution in [0.15, 0.2) is 48.8 Å². The van der Waals surface area contributed by atoms with Crippen LogP contribution in [0.25, 0.3) is 22.0 Å². The molecular weight excluding hydrogens is 483 g/mol. The number of aromatic nitrogens is 2. The van der Waals surface area contributed by atoms with Crippen LogP contribution in [-0.4, -0.2) is 30.3 Å². The van der Waals surface area contributed by atoms with Crippen LogP contribution in [0.3, 0.4) is 0 Å². The minimum absolute atomic E-state index is 0.00258. The molecule has 1 aromatic heterocycles. The predicted octanol–water partition coefficient (Wildman–Crippen LogP) is 7.43. The van der Waals surface area contributed by atoms with Crippen LogP contribution >= 0.6 is 0 Å². The van der Waals surface area contributed by atoms with Gasteiger partial charge in [-0.2, -0.15) is 0 Å². The number of halogens is 3. The molecule has 4 rings (SSSR count). The summed E-state index contributed by atoms with van der Waals surface area (Å²) < 4.78 is 60.8. The summed E-state index contributed by atoms with van der Waals surface area (Å²) in [5, 5.41) is 3.55. The van der Waals surface area contributed by atoms with E-state index in [1.807, 2.05) is 0 Å². The molecule has 1 unspecified atom stereocenters. The van der Waals surface area contributed by atoms with Gasteiger partial charge in [0.15, 0.2) is 17.3 Å². The summed E-state index contributed by atoms with van der Waals surface area (Å²) in [5.74, 6) is -0.917. The molecule has 194 valence electrons. The molecule has 0 saturated carbocycles. The third-order valence-electron chi connectivity index (χ3n) is 6.07. The molecule has 0 amide bonds. The van der Waals surface area contributed by atoms with Crippen molar-refractivity contribution in [1.29, 1.82) is 0 Å². The predicted molar refractivity (Wildman–Crippen MR) is 137 cm³/mol. The van der Waals surface area contributed by atoms with Gasteiger partial charge in [-0.3, -0.25) is 0 Å². The van der Waals surface area contributed by atoms with E-state index in [0.29, 0.717) is 28.5 Å². The van der Waals surface area contributed by atoms with Crippen LogP contribution in [0, 0.1) is 17.5 Å². The second-order valence-corrected chi connectivity index (χ2v) is 8.43. The van der Waals surface area contributed by atoms with Gasteiger partial charge in [0.05, 0.1) is 25.8 Å². The van der Waals surface area contributed by atoms with Gasteiger partial charge in [0, 0.05) is 28.6 Å². The largest absolute Gasteiger partial charge is 0.494 e. The second-order valence-electron chi connectivity index (χ2n) is 8.43. The molecule has 1 N–H and O–H groups in total. The van der Waals surface area contributed by atoms with Gasteiger partial charge in [-0.25, -0.2) is 23.1 Å². The minimum Gasteiger partial charge on any atom is -0.494 e. The zero-order valence-corrected chi connectivity index (χ0v) is 21.1. The summed E-state index contributed by atoms with van der Waals surface area (Å²) in [4.78, 5) is 8.64. The highest BCUT2D eigenvalue weighted by atomic mass is 19.1. The van der Waals surface area contributed by atoms with Crippen LogP contribution in [0.5, 0.6) is 17.2 Å². The van der Waals surface area contributed by atoms with Crippen molar-refractivity contribution in [3.05, 3.63) is 66.2 Å². The van der Waals surface area contributed by atoms with Crippen LogP contribution < -0.4 is 19.5 Å². The van der Waals surface area contributed by atoms with Crippen molar-refractivity contribution < 1.29 is 27.4 Å². The van der Waals surface area contributed by atoms with E-state index >= 15 is 4.39 Å². The maximum atomic E-state index is 15.8. The number of nitrogens with zero attached hydrogens (tertiary/aromatic N) is 2. The lowest BCUT2D eigenvalue weighted by Crippen LogP contribution is -2.15. The van der Waals surface area contributed by atoms with E-state index in [-0.39, 0.29) is 34.5 Å². The van der Waals surface area contributed by atoms with Crippen molar-refractivity contribution in [3.8, 4) is 28.4 Å². The Bertz CT molecular complexity index is 1410. The van der Waals surface area contributed by atoms with E-state index in [1.54, 1.807) is 19.2 Å². The van der Waals surface area contributed by atoms with Crippen molar-refractivity contribution in [2.75, 3.05) is 19.5 Å². The monoisotopic (exact) mass is 511 g/mol. The molecule has 0 aliphatic rings. The highest BCUT2D eigenvalue weighted by molar-refractivity contribution is 5.94. The number of rotatable bonds is 10. The van der Waals surface area contributed by atoms with Gasteiger partial charge >= 0.3 is 0 Å². The highest BCUT2D eigenvalue weighted by Gasteiger charge is 2.21. The highest BCUT2D eigenvalue weighted by Crippen LogP contribution is 2.40. The van der Waals surface area contributed by atoms with Crippen LogP contribution in [-0.2, 0) is 0 Å². The fraction of sp³-hybridized carbons (Fsp3) is 0.286. The lowest BCUT2D eigenvalue weighted by molar-refractivity contribution is 0.178. The zero-order chi connectivity index (χ0) is 26.5. The maximum Gasteiger partial charge on any atom is 0.162 e. The molecule has 4 aromatic rings. The molecule has 0 aliphatic carbocycles. The first kappa shape index (κ1) is 26.1. The standard InChI is InChI=1S/C28H28F3N3O3/c1-5-7-17(6-2)37-25-13-20-22(14-24(25)36-4)32-15-33-28(20)34-27-23(35-3)11-10-19(26(27)31)18-9-8-16(29)12-21(18)30/h8-15,17H,5-7H2,1-4H3,(H,32,33,34). The van der Waals surface area contributed by atoms with Crippen LogP contribution in [0.2, 0.25) is 0 Å². The van der Waals surface area contributed by atoms with E-state index < -0.39 is 17.5 Å². The quantitative estimate of drug-likeness (QED) is 0.239. The fourth-order valence-electron chi connectivity index (χ4n) is 4.14. The number of hydrogen-bond donors (Lipinski definition) is 1. The Hall–Kier alpha value is -4.01. The number of benzene rings is 3. The van der Waals surface area contributed by atoms with Crippen molar-refractivity contribution in [2.24, 2.45) is 0 Å². The van der Waals surface area contributed by atoms with Crippen molar-refractivity contribution in [3.63, 3.8) is 0 Å². The summed E-state index contributed by atoms with van der Waals surface area (Å²) in [7, 11) is 2.95. The number of fused-ring (bicyclic) bond motifs is 1. The Labute approximate surface area is 213 Å². The molecule has 9 heteroatoms. The van der Waals surface area contributed by atoms with Gasteiger partial charge in [-0.15, -0.1) is 0 Å². The first-order valence-electron chi connectivity index (χ1n) is 12.0. The Morgan fingerprint density at radius 2 is 1.62 bits per heavy atom. The lowest BCUT2D eigenvalue weighted by atomic mass is 10.0. The Balaban J connectivity index is 1.81. The lowest BCUT2D eigenvalue weighted by Gasteiger charge is -2.20. The maximum absolute atomic E-state index is 15.8. The fourth-order valence-corrected chi connectivity index (χ4v) is 4.14. The molecule has 1 atom stereocenters. The summed E-state index contributed by atoms with van der Waals surface area (Å²) in [5.41, 5.74) is 0.346. The number of nitrogens with one attached hydrogen (secondary N) is 1. The number of hydrogen-bond acceptors (Lipinski definition) is 6. The number of methoxy groups -OCH3 is 2. The van der Waals surface area contributed by atoms with E-state index in [9.17, 15) is 8.78 Å². The summed E-state index contributed by atoms with van der Waals surface area (Å²) in [6.45, 7) is 4.14. The third-order valence-corrected chi connectivity index (χ3v) is 6.07. The van der Waals surface area contributed by atoms with Gasteiger partial charge in [0.25, 0.3) is 0 Å².